The molecule has 4 nitrogen and oxygen atoms in total. The number of ether oxygens (including phenoxy) is 1. The van der Waals surface area contributed by atoms with Gasteiger partial charge in [0.1, 0.15) is 5.69 Å². The highest BCUT2D eigenvalue weighted by atomic mass is 127. The molecule has 1 N–H and O–H groups in total. The first kappa shape index (κ1) is 8.51. The third kappa shape index (κ3) is 1.70. The van der Waals surface area contributed by atoms with E-state index in [-0.39, 0.29) is 5.75 Å². The molecule has 0 fully saturated rings. The lowest BCUT2D eigenvalue weighted by atomic mass is 10.4. The minimum atomic E-state index is 0.0805. The van der Waals surface area contributed by atoms with E-state index in [1.54, 1.807) is 0 Å². The van der Waals surface area contributed by atoms with Crippen LogP contribution in [-0.2, 0) is 4.43 Å². The van der Waals surface area contributed by atoms with Gasteiger partial charge in [-0.2, -0.15) is 10.2 Å². The van der Waals surface area contributed by atoms with Gasteiger partial charge in [-0.3, -0.25) is 0 Å². The Balaban J connectivity index is 3.10. The lowest BCUT2D eigenvalue weighted by molar-refractivity contribution is 0.366. The molecule has 0 radical (unpaired) electrons. The Morgan fingerprint density at radius 1 is 1.73 bits per heavy atom. The number of hydrogen-bond donors (Lipinski definition) is 1. The highest BCUT2D eigenvalue weighted by molar-refractivity contribution is 14.1. The maximum absolute atomic E-state index is 9.36. The van der Waals surface area contributed by atoms with E-state index in [9.17, 15) is 5.11 Å². The van der Waals surface area contributed by atoms with Crippen molar-refractivity contribution < 1.29 is 9.84 Å². The van der Waals surface area contributed by atoms with Gasteiger partial charge in [-0.1, -0.05) is 22.6 Å². The Morgan fingerprint density at radius 3 is 3.00 bits per heavy atom. The summed E-state index contributed by atoms with van der Waals surface area (Å²) in [5.74, 6) is 0.448. The van der Waals surface area contributed by atoms with Gasteiger partial charge in [0.2, 0.25) is 0 Å². The van der Waals surface area contributed by atoms with E-state index < -0.39 is 0 Å². The summed E-state index contributed by atoms with van der Waals surface area (Å²) in [7, 11) is 1.48. The summed E-state index contributed by atoms with van der Waals surface area (Å²) in [6.45, 7) is 0. The molecule has 5 heteroatoms. The third-order valence-corrected chi connectivity index (χ3v) is 1.93. The molecule has 1 aromatic rings. The van der Waals surface area contributed by atoms with Crippen molar-refractivity contribution in [2.45, 2.75) is 4.43 Å². The van der Waals surface area contributed by atoms with Crippen molar-refractivity contribution in [2.75, 3.05) is 7.11 Å². The van der Waals surface area contributed by atoms with Crippen LogP contribution in [-0.4, -0.2) is 22.4 Å². The highest BCUT2D eigenvalue weighted by Crippen LogP contribution is 2.27. The fourth-order valence-corrected chi connectivity index (χ4v) is 1.15. The number of aromatic nitrogens is 2. The monoisotopic (exact) mass is 266 g/mol. The van der Waals surface area contributed by atoms with Crippen LogP contribution >= 0.6 is 22.6 Å². The summed E-state index contributed by atoms with van der Waals surface area (Å²) >= 11 is 2.09. The fourth-order valence-electron chi connectivity index (χ4n) is 0.641. The molecular formula is C6H7IN2O2. The van der Waals surface area contributed by atoms with Crippen LogP contribution in [0.25, 0.3) is 0 Å². The standard InChI is InChI=1S/C6H7IN2O2/c1-11-5-3-8-9-4(2-7)6(5)10/h3H,2H2,1H3,(H,8,10). The topological polar surface area (TPSA) is 55.2 Å². The van der Waals surface area contributed by atoms with Crippen molar-refractivity contribution in [1.29, 1.82) is 0 Å². The Bertz CT molecular complexity index is 232. The number of aromatic hydroxyl groups is 1. The van der Waals surface area contributed by atoms with Gasteiger partial charge in [0.15, 0.2) is 11.5 Å². The van der Waals surface area contributed by atoms with E-state index >= 15 is 0 Å². The van der Waals surface area contributed by atoms with E-state index in [1.165, 1.54) is 13.3 Å². The molecule has 0 spiro atoms. The van der Waals surface area contributed by atoms with Crippen LogP contribution in [0.4, 0.5) is 0 Å². The maximum atomic E-state index is 9.36. The lowest BCUT2D eigenvalue weighted by Crippen LogP contribution is -1.93. The van der Waals surface area contributed by atoms with Crippen molar-refractivity contribution in [3.05, 3.63) is 11.9 Å². The Labute approximate surface area is 77.7 Å². The maximum Gasteiger partial charge on any atom is 0.184 e. The van der Waals surface area contributed by atoms with Crippen LogP contribution in [0, 0.1) is 0 Å². The van der Waals surface area contributed by atoms with Gasteiger partial charge in [-0.15, -0.1) is 0 Å². The molecule has 0 saturated carbocycles. The van der Waals surface area contributed by atoms with Crippen molar-refractivity contribution in [3.63, 3.8) is 0 Å². The Kier molecular flexibility index (Phi) is 2.86. The normalized spacial score (nSPS) is 9.64. The molecule has 0 aliphatic carbocycles. The van der Waals surface area contributed by atoms with E-state index in [2.05, 4.69) is 32.8 Å². The van der Waals surface area contributed by atoms with Crippen molar-refractivity contribution >= 4 is 22.6 Å². The Morgan fingerprint density at radius 2 is 2.45 bits per heavy atom. The molecule has 1 aromatic heterocycles. The van der Waals surface area contributed by atoms with Crippen molar-refractivity contribution in [3.8, 4) is 11.5 Å². The minimum absolute atomic E-state index is 0.0805. The van der Waals surface area contributed by atoms with Gasteiger partial charge < -0.3 is 9.84 Å². The van der Waals surface area contributed by atoms with E-state index in [1.807, 2.05) is 0 Å². The SMILES string of the molecule is COc1cnnc(CI)c1O. The number of hydrogen-bond acceptors (Lipinski definition) is 4. The number of halogens is 1. The molecule has 0 aromatic carbocycles. The van der Waals surface area contributed by atoms with Gasteiger partial charge in [0.25, 0.3) is 0 Å². The zero-order valence-electron chi connectivity index (χ0n) is 5.91. The second-order valence-corrected chi connectivity index (χ2v) is 2.60. The molecule has 0 bridgehead atoms. The summed E-state index contributed by atoms with van der Waals surface area (Å²) in [6, 6.07) is 0. The zero-order valence-corrected chi connectivity index (χ0v) is 8.07. The van der Waals surface area contributed by atoms with Crippen molar-refractivity contribution in [2.24, 2.45) is 0 Å². The quantitative estimate of drug-likeness (QED) is 0.644. The number of rotatable bonds is 2. The lowest BCUT2D eigenvalue weighted by Gasteiger charge is -2.03. The summed E-state index contributed by atoms with van der Waals surface area (Å²) in [5.41, 5.74) is 0.546. The van der Waals surface area contributed by atoms with Crippen LogP contribution in [0.1, 0.15) is 5.69 Å². The first-order valence-corrected chi connectivity index (χ1v) is 4.45. The van der Waals surface area contributed by atoms with Gasteiger partial charge in [-0.25, -0.2) is 0 Å². The molecule has 0 aliphatic heterocycles. The van der Waals surface area contributed by atoms with E-state index in [0.29, 0.717) is 15.9 Å². The van der Waals surface area contributed by atoms with Crippen molar-refractivity contribution in [1.82, 2.24) is 10.2 Å². The zero-order chi connectivity index (χ0) is 8.27. The molecule has 1 rings (SSSR count). The van der Waals surface area contributed by atoms with Crippen LogP contribution < -0.4 is 4.74 Å². The molecule has 0 amide bonds. The van der Waals surface area contributed by atoms with Crippen LogP contribution in [0.2, 0.25) is 0 Å². The van der Waals surface area contributed by atoms with Gasteiger partial charge in [0, 0.05) is 4.43 Å². The average molecular weight is 266 g/mol. The first-order chi connectivity index (χ1) is 5.29. The van der Waals surface area contributed by atoms with Crippen LogP contribution in [0.3, 0.4) is 0 Å². The van der Waals surface area contributed by atoms with Crippen LogP contribution in [0.5, 0.6) is 11.5 Å². The van der Waals surface area contributed by atoms with E-state index in [0.717, 1.165) is 0 Å². The summed E-state index contributed by atoms with van der Waals surface area (Å²) < 4.78 is 5.45. The number of alkyl halides is 1. The third-order valence-electron chi connectivity index (χ3n) is 1.21. The Hall–Kier alpha value is -0.590. The van der Waals surface area contributed by atoms with E-state index in [4.69, 9.17) is 4.74 Å². The molecule has 11 heavy (non-hydrogen) atoms. The molecule has 60 valence electrons. The smallest absolute Gasteiger partial charge is 0.184 e. The molecular weight excluding hydrogens is 259 g/mol. The molecule has 0 unspecified atom stereocenters. The minimum Gasteiger partial charge on any atom is -0.503 e. The molecule has 0 atom stereocenters. The summed E-state index contributed by atoms with van der Waals surface area (Å²) in [6.07, 6.45) is 1.38. The predicted molar refractivity (Wildman–Crippen MR) is 48.0 cm³/mol. The largest absolute Gasteiger partial charge is 0.503 e. The number of methoxy groups -OCH3 is 1. The molecule has 0 saturated heterocycles. The second-order valence-electron chi connectivity index (χ2n) is 1.84. The summed E-state index contributed by atoms with van der Waals surface area (Å²) in [5, 5.41) is 16.7. The highest BCUT2D eigenvalue weighted by Gasteiger charge is 2.07. The first-order valence-electron chi connectivity index (χ1n) is 2.93. The summed E-state index contributed by atoms with van der Waals surface area (Å²) in [4.78, 5) is 0. The average Bonchev–Trinajstić information content (AvgIpc) is 2.05. The predicted octanol–water partition coefficient (Wildman–Crippen LogP) is 1.13. The fraction of sp³-hybridized carbons (Fsp3) is 0.333. The molecule has 1 heterocycles. The number of nitrogens with zero attached hydrogens (tertiary/aromatic N) is 2. The van der Waals surface area contributed by atoms with Gasteiger partial charge >= 0.3 is 0 Å². The van der Waals surface area contributed by atoms with Gasteiger partial charge in [0.05, 0.1) is 13.3 Å². The van der Waals surface area contributed by atoms with Crippen LogP contribution in [0.15, 0.2) is 6.20 Å². The molecule has 0 aliphatic rings. The second kappa shape index (κ2) is 3.70. The van der Waals surface area contributed by atoms with Gasteiger partial charge in [-0.05, 0) is 0 Å².